The van der Waals surface area contributed by atoms with Gasteiger partial charge < -0.3 is 5.11 Å². The first-order chi connectivity index (χ1) is 12.6. The Morgan fingerprint density at radius 3 is 1.85 bits per heavy atom. The molecule has 132 valence electrons. The first kappa shape index (κ1) is 18.0. The highest BCUT2D eigenvalue weighted by Gasteiger charge is 2.11. The second-order valence-electron chi connectivity index (χ2n) is 6.56. The Morgan fingerprint density at radius 1 is 0.846 bits per heavy atom. The quantitative estimate of drug-likeness (QED) is 0.637. The van der Waals surface area contributed by atoms with Crippen molar-refractivity contribution in [1.29, 1.82) is 0 Å². The van der Waals surface area contributed by atoms with E-state index in [4.69, 9.17) is 0 Å². The van der Waals surface area contributed by atoms with Gasteiger partial charge >= 0.3 is 0 Å². The zero-order valence-corrected chi connectivity index (χ0v) is 15.3. The number of likely N-dealkylation sites (N-methyl/N-ethyl adjacent to an activating group) is 1. The molecular weight excluding hydrogens is 318 g/mol. The fraction of sp³-hybridized carbons (Fsp3) is 0.167. The highest BCUT2D eigenvalue weighted by molar-refractivity contribution is 5.79. The number of phenols is 1. The summed E-state index contributed by atoms with van der Waals surface area (Å²) in [6, 6.07) is 28.7. The summed E-state index contributed by atoms with van der Waals surface area (Å²) in [7, 11) is 2.13. The molecule has 0 aromatic heterocycles. The zero-order valence-electron chi connectivity index (χ0n) is 15.3. The maximum atomic E-state index is 9.48. The van der Waals surface area contributed by atoms with Crippen molar-refractivity contribution in [2.75, 3.05) is 13.6 Å². The Kier molecular flexibility index (Phi) is 5.88. The fourth-order valence-corrected chi connectivity index (χ4v) is 3.04. The number of hydrogen-bond acceptors (Lipinski definition) is 2. The van der Waals surface area contributed by atoms with Crippen LogP contribution in [0.25, 0.3) is 5.57 Å². The van der Waals surface area contributed by atoms with Gasteiger partial charge in [0.1, 0.15) is 5.75 Å². The Balaban J connectivity index is 1.83. The van der Waals surface area contributed by atoms with E-state index in [-0.39, 0.29) is 6.04 Å². The molecule has 0 amide bonds. The van der Waals surface area contributed by atoms with E-state index in [2.05, 4.69) is 73.5 Å². The van der Waals surface area contributed by atoms with E-state index in [1.54, 1.807) is 12.1 Å². The second-order valence-corrected chi connectivity index (χ2v) is 6.56. The second kappa shape index (κ2) is 8.50. The normalized spacial score (nSPS) is 12.0. The van der Waals surface area contributed by atoms with E-state index in [9.17, 15) is 5.11 Å². The number of aromatic hydroxyl groups is 1. The Hall–Kier alpha value is -2.84. The van der Waals surface area contributed by atoms with Gasteiger partial charge in [-0.1, -0.05) is 78.9 Å². The number of nitrogens with zero attached hydrogens (tertiary/aromatic N) is 1. The Bertz CT molecular complexity index is 797. The van der Waals surface area contributed by atoms with Crippen LogP contribution in [0.3, 0.4) is 0 Å². The SMILES string of the molecule is C[C@H](c1ccc(O)cc1)N(C)CC=C(c1ccccc1)c1ccccc1. The highest BCUT2D eigenvalue weighted by atomic mass is 16.3. The van der Waals surface area contributed by atoms with Gasteiger partial charge in [-0.2, -0.15) is 0 Å². The van der Waals surface area contributed by atoms with E-state index in [0.29, 0.717) is 5.75 Å². The van der Waals surface area contributed by atoms with E-state index in [0.717, 1.165) is 6.54 Å². The number of phenolic OH excluding ortho intramolecular Hbond substituents is 1. The minimum absolute atomic E-state index is 0.264. The molecule has 3 aromatic carbocycles. The first-order valence-corrected chi connectivity index (χ1v) is 8.95. The van der Waals surface area contributed by atoms with Crippen molar-refractivity contribution >= 4 is 5.57 Å². The largest absolute Gasteiger partial charge is 0.508 e. The number of hydrogen-bond donors (Lipinski definition) is 1. The zero-order chi connectivity index (χ0) is 18.4. The molecule has 0 heterocycles. The molecule has 1 atom stereocenters. The van der Waals surface area contributed by atoms with Gasteiger partial charge in [0.05, 0.1) is 0 Å². The molecule has 0 aliphatic heterocycles. The van der Waals surface area contributed by atoms with Gasteiger partial charge in [0.2, 0.25) is 0 Å². The van der Waals surface area contributed by atoms with Crippen molar-refractivity contribution in [1.82, 2.24) is 4.90 Å². The molecule has 0 fully saturated rings. The number of benzene rings is 3. The molecule has 0 unspecified atom stereocenters. The summed E-state index contributed by atoms with van der Waals surface area (Å²) in [5.74, 6) is 0.305. The first-order valence-electron chi connectivity index (χ1n) is 8.95. The lowest BCUT2D eigenvalue weighted by atomic mass is 9.97. The summed E-state index contributed by atoms with van der Waals surface area (Å²) in [4.78, 5) is 2.30. The highest BCUT2D eigenvalue weighted by Crippen LogP contribution is 2.25. The van der Waals surface area contributed by atoms with Crippen LogP contribution in [0.5, 0.6) is 5.75 Å². The van der Waals surface area contributed by atoms with Gasteiger partial charge in [0.15, 0.2) is 0 Å². The smallest absolute Gasteiger partial charge is 0.115 e. The van der Waals surface area contributed by atoms with E-state index in [1.807, 2.05) is 24.3 Å². The molecule has 26 heavy (non-hydrogen) atoms. The third-order valence-corrected chi connectivity index (χ3v) is 4.79. The average Bonchev–Trinajstić information content (AvgIpc) is 2.69. The third-order valence-electron chi connectivity index (χ3n) is 4.79. The fourth-order valence-electron chi connectivity index (χ4n) is 3.04. The summed E-state index contributed by atoms with van der Waals surface area (Å²) >= 11 is 0. The molecule has 2 nitrogen and oxygen atoms in total. The molecule has 0 spiro atoms. The minimum Gasteiger partial charge on any atom is -0.508 e. The molecular formula is C24H25NO. The summed E-state index contributed by atoms with van der Waals surface area (Å²) in [5.41, 5.74) is 4.89. The van der Waals surface area contributed by atoms with Gasteiger partial charge in [-0.3, -0.25) is 4.90 Å². The van der Waals surface area contributed by atoms with Gasteiger partial charge in [-0.15, -0.1) is 0 Å². The molecule has 0 aliphatic carbocycles. The van der Waals surface area contributed by atoms with Crippen LogP contribution in [0.15, 0.2) is 91.0 Å². The van der Waals surface area contributed by atoms with Crippen LogP contribution in [-0.4, -0.2) is 23.6 Å². The Morgan fingerprint density at radius 2 is 1.35 bits per heavy atom. The predicted octanol–water partition coefficient (Wildman–Crippen LogP) is 5.52. The number of rotatable bonds is 6. The van der Waals surface area contributed by atoms with Crippen molar-refractivity contribution in [2.24, 2.45) is 0 Å². The third kappa shape index (κ3) is 4.41. The van der Waals surface area contributed by atoms with E-state index < -0.39 is 0 Å². The Labute approximate surface area is 156 Å². The van der Waals surface area contributed by atoms with Crippen LogP contribution < -0.4 is 0 Å². The summed E-state index contributed by atoms with van der Waals surface area (Å²) in [5, 5.41) is 9.48. The molecule has 3 rings (SSSR count). The van der Waals surface area contributed by atoms with Crippen molar-refractivity contribution in [3.05, 3.63) is 108 Å². The predicted molar refractivity (Wildman–Crippen MR) is 109 cm³/mol. The molecule has 3 aromatic rings. The molecule has 0 radical (unpaired) electrons. The maximum absolute atomic E-state index is 9.48. The topological polar surface area (TPSA) is 23.5 Å². The molecule has 2 heteroatoms. The van der Waals surface area contributed by atoms with Gasteiger partial charge in [-0.05, 0) is 48.4 Å². The summed E-state index contributed by atoms with van der Waals surface area (Å²) in [6.07, 6.45) is 2.29. The van der Waals surface area contributed by atoms with Gasteiger partial charge in [0, 0.05) is 12.6 Å². The molecule has 1 N–H and O–H groups in total. The summed E-state index contributed by atoms with van der Waals surface area (Å²) in [6.45, 7) is 3.02. The molecule has 0 aliphatic rings. The van der Waals surface area contributed by atoms with Crippen LogP contribution >= 0.6 is 0 Å². The molecule has 0 saturated heterocycles. The van der Waals surface area contributed by atoms with Crippen LogP contribution in [0, 0.1) is 0 Å². The van der Waals surface area contributed by atoms with Crippen LogP contribution in [0.2, 0.25) is 0 Å². The standard InChI is InChI=1S/C24H25NO/c1-19(20-13-15-23(26)16-14-20)25(2)18-17-24(21-9-5-3-6-10-21)22-11-7-4-8-12-22/h3-17,19,26H,18H2,1-2H3/t19-/m1/s1. The van der Waals surface area contributed by atoms with Crippen molar-refractivity contribution in [3.8, 4) is 5.75 Å². The van der Waals surface area contributed by atoms with Crippen LogP contribution in [0.4, 0.5) is 0 Å². The van der Waals surface area contributed by atoms with Gasteiger partial charge in [0.25, 0.3) is 0 Å². The van der Waals surface area contributed by atoms with E-state index >= 15 is 0 Å². The van der Waals surface area contributed by atoms with Crippen molar-refractivity contribution in [3.63, 3.8) is 0 Å². The van der Waals surface area contributed by atoms with Crippen molar-refractivity contribution < 1.29 is 5.11 Å². The van der Waals surface area contributed by atoms with Crippen molar-refractivity contribution in [2.45, 2.75) is 13.0 Å². The average molecular weight is 343 g/mol. The van der Waals surface area contributed by atoms with Crippen LogP contribution in [-0.2, 0) is 0 Å². The lowest BCUT2D eigenvalue weighted by Gasteiger charge is -2.24. The minimum atomic E-state index is 0.264. The molecule has 0 saturated carbocycles. The summed E-state index contributed by atoms with van der Waals surface area (Å²) < 4.78 is 0. The van der Waals surface area contributed by atoms with Crippen LogP contribution in [0.1, 0.15) is 29.7 Å². The van der Waals surface area contributed by atoms with E-state index in [1.165, 1.54) is 22.3 Å². The lowest BCUT2D eigenvalue weighted by molar-refractivity contribution is 0.290. The molecule has 0 bridgehead atoms. The van der Waals surface area contributed by atoms with Gasteiger partial charge in [-0.25, -0.2) is 0 Å². The monoisotopic (exact) mass is 343 g/mol. The lowest BCUT2D eigenvalue weighted by Crippen LogP contribution is -2.22. The maximum Gasteiger partial charge on any atom is 0.115 e.